The van der Waals surface area contributed by atoms with Crippen molar-refractivity contribution in [3.05, 3.63) is 0 Å². The van der Waals surface area contributed by atoms with Gasteiger partial charge in [-0.05, 0) is 13.0 Å². The fraction of sp³-hybridized carbons (Fsp3) is 0.889. The van der Waals surface area contributed by atoms with Gasteiger partial charge in [0.15, 0.2) is 6.10 Å². The molecule has 2 atom stereocenters. The van der Waals surface area contributed by atoms with Gasteiger partial charge in [-0.1, -0.05) is 0 Å². The molecular formula is C9H16N2O3. The van der Waals surface area contributed by atoms with Crippen molar-refractivity contribution < 1.29 is 14.6 Å². The lowest BCUT2D eigenvalue weighted by atomic mass is 10.2. The molecule has 14 heavy (non-hydrogen) atoms. The molecule has 0 aromatic carbocycles. The summed E-state index contributed by atoms with van der Waals surface area (Å²) >= 11 is 0. The quantitative estimate of drug-likeness (QED) is 0.607. The Morgan fingerprint density at radius 2 is 2.43 bits per heavy atom. The highest BCUT2D eigenvalue weighted by atomic mass is 16.5. The van der Waals surface area contributed by atoms with Gasteiger partial charge in [0.2, 0.25) is 0 Å². The van der Waals surface area contributed by atoms with E-state index in [2.05, 4.69) is 10.2 Å². The number of carbonyl (C=O) groups is 1. The average Bonchev–Trinajstić information content (AvgIpc) is 2.71. The average molecular weight is 200 g/mol. The molecule has 2 heterocycles. The lowest BCUT2D eigenvalue weighted by Crippen LogP contribution is -2.50. The molecule has 2 unspecified atom stereocenters. The predicted molar refractivity (Wildman–Crippen MR) is 50.2 cm³/mol. The van der Waals surface area contributed by atoms with Gasteiger partial charge >= 0.3 is 5.97 Å². The summed E-state index contributed by atoms with van der Waals surface area (Å²) in [6.45, 7) is 3.94. The summed E-state index contributed by atoms with van der Waals surface area (Å²) in [5.41, 5.74) is 0. The molecule has 2 rings (SSSR count). The third-order valence-corrected chi connectivity index (χ3v) is 2.92. The highest BCUT2D eigenvalue weighted by Gasteiger charge is 2.31. The summed E-state index contributed by atoms with van der Waals surface area (Å²) in [6, 6.07) is 0.501. The third-order valence-electron chi connectivity index (χ3n) is 2.92. The number of carboxylic acid groups (broad SMARTS) is 1. The van der Waals surface area contributed by atoms with Crippen molar-refractivity contribution in [2.24, 2.45) is 0 Å². The van der Waals surface area contributed by atoms with Gasteiger partial charge in [-0.3, -0.25) is 4.90 Å². The number of hydrogen-bond acceptors (Lipinski definition) is 4. The van der Waals surface area contributed by atoms with Crippen molar-refractivity contribution in [1.29, 1.82) is 0 Å². The Balaban J connectivity index is 1.89. The molecule has 0 saturated carbocycles. The molecule has 2 fully saturated rings. The summed E-state index contributed by atoms with van der Waals surface area (Å²) < 4.78 is 5.17. The van der Waals surface area contributed by atoms with Crippen LogP contribution in [0.3, 0.4) is 0 Å². The Morgan fingerprint density at radius 3 is 3.07 bits per heavy atom. The van der Waals surface area contributed by atoms with Gasteiger partial charge in [0.1, 0.15) is 0 Å². The van der Waals surface area contributed by atoms with Crippen molar-refractivity contribution >= 4 is 5.97 Å². The van der Waals surface area contributed by atoms with E-state index >= 15 is 0 Å². The van der Waals surface area contributed by atoms with Gasteiger partial charge in [0, 0.05) is 25.7 Å². The zero-order valence-corrected chi connectivity index (χ0v) is 8.11. The summed E-state index contributed by atoms with van der Waals surface area (Å²) in [5, 5.41) is 12.1. The Morgan fingerprint density at radius 1 is 1.57 bits per heavy atom. The summed E-state index contributed by atoms with van der Waals surface area (Å²) in [4.78, 5) is 13.0. The van der Waals surface area contributed by atoms with E-state index in [0.717, 1.165) is 26.1 Å². The topological polar surface area (TPSA) is 61.8 Å². The second-order valence-corrected chi connectivity index (χ2v) is 3.84. The molecule has 0 spiro atoms. The van der Waals surface area contributed by atoms with Gasteiger partial charge in [-0.25, -0.2) is 4.79 Å². The molecule has 2 aliphatic rings. The minimum absolute atomic E-state index is 0.501. The van der Waals surface area contributed by atoms with Crippen LogP contribution in [0.4, 0.5) is 0 Å². The molecule has 0 aromatic heterocycles. The first-order valence-electron chi connectivity index (χ1n) is 5.06. The molecule has 0 aromatic rings. The molecule has 0 bridgehead atoms. The van der Waals surface area contributed by atoms with Crippen LogP contribution in [0.25, 0.3) is 0 Å². The number of nitrogens with one attached hydrogen (secondary N) is 1. The second-order valence-electron chi connectivity index (χ2n) is 3.84. The van der Waals surface area contributed by atoms with Crippen molar-refractivity contribution in [2.75, 3.05) is 32.8 Å². The molecule has 2 aliphatic heterocycles. The second kappa shape index (κ2) is 4.25. The lowest BCUT2D eigenvalue weighted by Gasteiger charge is -2.34. The van der Waals surface area contributed by atoms with Crippen LogP contribution in [-0.4, -0.2) is 60.9 Å². The van der Waals surface area contributed by atoms with E-state index in [1.807, 2.05) is 0 Å². The Hall–Kier alpha value is -0.650. The minimum Gasteiger partial charge on any atom is -0.479 e. The minimum atomic E-state index is -0.847. The fourth-order valence-electron chi connectivity index (χ4n) is 2.10. The maximum absolute atomic E-state index is 10.7. The first kappa shape index (κ1) is 9.89. The summed E-state index contributed by atoms with van der Waals surface area (Å²) in [7, 11) is 0. The van der Waals surface area contributed by atoms with Gasteiger partial charge < -0.3 is 15.2 Å². The van der Waals surface area contributed by atoms with Crippen molar-refractivity contribution in [3.8, 4) is 0 Å². The Kier molecular flexibility index (Phi) is 3.00. The zero-order valence-electron chi connectivity index (χ0n) is 8.11. The number of morpholine rings is 1. The molecule has 0 radical (unpaired) electrons. The van der Waals surface area contributed by atoms with Crippen LogP contribution in [0.2, 0.25) is 0 Å². The number of ether oxygens (including phenoxy) is 1. The molecule has 5 nitrogen and oxygen atoms in total. The first-order chi connectivity index (χ1) is 6.77. The third kappa shape index (κ3) is 2.05. The molecule has 2 saturated heterocycles. The van der Waals surface area contributed by atoms with Crippen molar-refractivity contribution in [3.63, 3.8) is 0 Å². The van der Waals surface area contributed by atoms with Gasteiger partial charge in [0.25, 0.3) is 0 Å². The molecule has 2 N–H and O–H groups in total. The van der Waals surface area contributed by atoms with Crippen LogP contribution in [-0.2, 0) is 9.53 Å². The summed E-state index contributed by atoms with van der Waals surface area (Å²) in [6.07, 6.45) is 0.483. The lowest BCUT2D eigenvalue weighted by molar-refractivity contribution is -0.156. The molecule has 0 amide bonds. The first-order valence-corrected chi connectivity index (χ1v) is 5.06. The van der Waals surface area contributed by atoms with Crippen molar-refractivity contribution in [1.82, 2.24) is 10.2 Å². The highest BCUT2D eigenvalue weighted by Crippen LogP contribution is 2.13. The normalized spacial score (nSPS) is 34.6. The monoisotopic (exact) mass is 200 g/mol. The number of nitrogens with zero attached hydrogens (tertiary/aromatic N) is 1. The largest absolute Gasteiger partial charge is 0.479 e. The summed E-state index contributed by atoms with van der Waals surface area (Å²) in [5.74, 6) is -0.847. The van der Waals surface area contributed by atoms with Gasteiger partial charge in [0.05, 0.1) is 6.61 Å². The molecule has 5 heteroatoms. The molecule has 80 valence electrons. The number of hydrogen-bond donors (Lipinski definition) is 2. The van der Waals surface area contributed by atoms with Crippen LogP contribution in [0.1, 0.15) is 6.42 Å². The standard InChI is InChI=1S/C9H16N2O3/c12-9(13)8-6-11(3-4-14-8)7-1-2-10-5-7/h7-8,10H,1-6H2,(H,12,13). The number of rotatable bonds is 2. The predicted octanol–water partition coefficient (Wildman–Crippen LogP) is -0.866. The van der Waals surface area contributed by atoms with E-state index in [-0.39, 0.29) is 0 Å². The maximum atomic E-state index is 10.7. The van der Waals surface area contributed by atoms with Crippen LogP contribution in [0.5, 0.6) is 0 Å². The van der Waals surface area contributed by atoms with E-state index in [1.54, 1.807) is 0 Å². The smallest absolute Gasteiger partial charge is 0.334 e. The molecule has 0 aliphatic carbocycles. The SMILES string of the molecule is O=C(O)C1CN(C2CCNC2)CCO1. The molecular weight excluding hydrogens is 184 g/mol. The zero-order chi connectivity index (χ0) is 9.97. The van der Waals surface area contributed by atoms with E-state index in [1.165, 1.54) is 0 Å². The van der Waals surface area contributed by atoms with E-state index in [0.29, 0.717) is 19.2 Å². The van der Waals surface area contributed by atoms with Gasteiger partial charge in [-0.15, -0.1) is 0 Å². The number of carboxylic acids is 1. The van der Waals surface area contributed by atoms with Crippen LogP contribution < -0.4 is 5.32 Å². The van der Waals surface area contributed by atoms with Crippen LogP contribution in [0, 0.1) is 0 Å². The van der Waals surface area contributed by atoms with Crippen molar-refractivity contribution in [2.45, 2.75) is 18.6 Å². The maximum Gasteiger partial charge on any atom is 0.334 e. The van der Waals surface area contributed by atoms with E-state index < -0.39 is 12.1 Å². The van der Waals surface area contributed by atoms with E-state index in [9.17, 15) is 4.79 Å². The Labute approximate surface area is 83.0 Å². The fourth-order valence-corrected chi connectivity index (χ4v) is 2.10. The Bertz CT molecular complexity index is 216. The highest BCUT2D eigenvalue weighted by molar-refractivity contribution is 5.72. The van der Waals surface area contributed by atoms with Crippen LogP contribution >= 0.6 is 0 Å². The van der Waals surface area contributed by atoms with Crippen LogP contribution in [0.15, 0.2) is 0 Å². The van der Waals surface area contributed by atoms with Gasteiger partial charge in [-0.2, -0.15) is 0 Å². The van der Waals surface area contributed by atoms with E-state index in [4.69, 9.17) is 9.84 Å². The number of aliphatic carboxylic acids is 1.